The van der Waals surface area contributed by atoms with Crippen molar-refractivity contribution >= 4 is 12.2 Å². The molecule has 0 aliphatic carbocycles. The zero-order valence-electron chi connectivity index (χ0n) is 9.99. The summed E-state index contributed by atoms with van der Waals surface area (Å²) in [6.07, 6.45) is 1.48. The number of nitrogens with one attached hydrogen (secondary N) is 1. The van der Waals surface area contributed by atoms with E-state index in [1.807, 2.05) is 0 Å². The van der Waals surface area contributed by atoms with E-state index in [-0.39, 0.29) is 17.0 Å². The molecule has 4 nitrogen and oxygen atoms in total. The van der Waals surface area contributed by atoms with Crippen LogP contribution in [0.1, 0.15) is 16.9 Å². The maximum Gasteiger partial charge on any atom is 0.203 e. The normalized spacial score (nSPS) is 13.8. The van der Waals surface area contributed by atoms with Crippen LogP contribution in [0.3, 0.4) is 0 Å². The Morgan fingerprint density at radius 2 is 2.21 bits per heavy atom. The van der Waals surface area contributed by atoms with Gasteiger partial charge in [0.05, 0.1) is 0 Å². The Hall–Kier alpha value is -2.24. The predicted molar refractivity (Wildman–Crippen MR) is 66.1 cm³/mol. The number of fused-ring (bicyclic) bond motifs is 1. The van der Waals surface area contributed by atoms with E-state index in [0.717, 1.165) is 31.2 Å². The van der Waals surface area contributed by atoms with Crippen LogP contribution in [-0.4, -0.2) is 22.4 Å². The summed E-state index contributed by atoms with van der Waals surface area (Å²) < 4.78 is 28.7. The van der Waals surface area contributed by atoms with Gasteiger partial charge in [-0.2, -0.15) is 0 Å². The zero-order valence-corrected chi connectivity index (χ0v) is 9.99. The molecule has 1 aromatic heterocycles. The Labute approximate surface area is 108 Å². The van der Waals surface area contributed by atoms with Gasteiger partial charge in [-0.1, -0.05) is 0 Å². The first-order valence-electron chi connectivity index (χ1n) is 5.95. The van der Waals surface area contributed by atoms with Crippen molar-refractivity contribution in [3.05, 3.63) is 35.5 Å². The number of aldehydes is 1. The van der Waals surface area contributed by atoms with Crippen molar-refractivity contribution in [1.29, 1.82) is 0 Å². The Kier molecular flexibility index (Phi) is 2.77. The molecule has 0 fully saturated rings. The molecule has 2 heterocycles. The van der Waals surface area contributed by atoms with Crippen molar-refractivity contribution in [1.82, 2.24) is 9.55 Å². The van der Waals surface area contributed by atoms with Gasteiger partial charge >= 0.3 is 0 Å². The Morgan fingerprint density at radius 1 is 1.37 bits per heavy atom. The van der Waals surface area contributed by atoms with Crippen molar-refractivity contribution in [3.8, 4) is 11.3 Å². The van der Waals surface area contributed by atoms with E-state index in [1.54, 1.807) is 4.57 Å². The molecule has 0 saturated heterocycles. The monoisotopic (exact) mass is 263 g/mol. The molecule has 19 heavy (non-hydrogen) atoms. The van der Waals surface area contributed by atoms with Crippen LogP contribution >= 0.6 is 0 Å². The van der Waals surface area contributed by atoms with Crippen LogP contribution in [0.15, 0.2) is 18.2 Å². The molecule has 1 aromatic carbocycles. The van der Waals surface area contributed by atoms with Crippen molar-refractivity contribution < 1.29 is 13.6 Å². The number of carbonyl (C=O) groups is 1. The Bertz CT molecular complexity index is 652. The van der Waals surface area contributed by atoms with Crippen LogP contribution in [0.2, 0.25) is 0 Å². The second-order valence-corrected chi connectivity index (χ2v) is 4.34. The highest BCUT2D eigenvalue weighted by Gasteiger charge is 2.22. The third-order valence-electron chi connectivity index (χ3n) is 3.14. The molecule has 0 saturated carbocycles. The van der Waals surface area contributed by atoms with E-state index in [4.69, 9.17) is 0 Å². The minimum absolute atomic E-state index is 0.00537. The van der Waals surface area contributed by atoms with E-state index in [0.29, 0.717) is 18.8 Å². The third kappa shape index (κ3) is 1.89. The number of benzene rings is 1. The standard InChI is InChI=1S/C13H11F2N3O/c14-8-2-3-10(15)9(6-8)12-11(7-19)18-5-1-4-16-13(18)17-12/h2-3,6-7H,1,4-5H2,(H,16,17). The first-order chi connectivity index (χ1) is 9.20. The molecule has 1 aliphatic rings. The summed E-state index contributed by atoms with van der Waals surface area (Å²) in [6, 6.07) is 3.12. The number of hydrogen-bond donors (Lipinski definition) is 1. The number of aromatic nitrogens is 2. The molecule has 0 radical (unpaired) electrons. The van der Waals surface area contributed by atoms with E-state index in [2.05, 4.69) is 10.3 Å². The fourth-order valence-corrected chi connectivity index (χ4v) is 2.26. The maximum atomic E-state index is 13.8. The van der Waals surface area contributed by atoms with Crippen LogP contribution in [0.5, 0.6) is 0 Å². The van der Waals surface area contributed by atoms with Crippen LogP contribution in [0, 0.1) is 11.6 Å². The van der Waals surface area contributed by atoms with Gasteiger partial charge in [0.1, 0.15) is 23.0 Å². The lowest BCUT2D eigenvalue weighted by atomic mass is 10.1. The summed E-state index contributed by atoms with van der Waals surface area (Å²) in [5.74, 6) is -0.640. The molecule has 0 atom stereocenters. The van der Waals surface area contributed by atoms with E-state index in [9.17, 15) is 13.6 Å². The highest BCUT2D eigenvalue weighted by atomic mass is 19.1. The van der Waals surface area contributed by atoms with Gasteiger partial charge in [-0.15, -0.1) is 0 Å². The Balaban J connectivity index is 2.22. The lowest BCUT2D eigenvalue weighted by Crippen LogP contribution is -2.18. The quantitative estimate of drug-likeness (QED) is 0.847. The van der Waals surface area contributed by atoms with Crippen molar-refractivity contribution in [2.24, 2.45) is 0 Å². The molecular formula is C13H11F2N3O. The smallest absolute Gasteiger partial charge is 0.203 e. The summed E-state index contributed by atoms with van der Waals surface area (Å²) in [4.78, 5) is 15.4. The number of carbonyl (C=O) groups excluding carboxylic acids is 1. The molecule has 0 unspecified atom stereocenters. The van der Waals surface area contributed by atoms with Crippen LogP contribution in [0.25, 0.3) is 11.3 Å². The summed E-state index contributed by atoms with van der Waals surface area (Å²) in [6.45, 7) is 1.39. The second-order valence-electron chi connectivity index (χ2n) is 4.34. The van der Waals surface area contributed by atoms with E-state index < -0.39 is 11.6 Å². The minimum atomic E-state index is -0.597. The van der Waals surface area contributed by atoms with E-state index in [1.165, 1.54) is 0 Å². The van der Waals surface area contributed by atoms with Crippen molar-refractivity contribution in [2.75, 3.05) is 11.9 Å². The SMILES string of the molecule is O=Cc1c(-c2cc(F)ccc2F)nc2n1CCCN2. The van der Waals surface area contributed by atoms with Gasteiger partial charge in [0.25, 0.3) is 0 Å². The molecule has 1 aliphatic heterocycles. The molecule has 1 N–H and O–H groups in total. The molecule has 3 rings (SSSR count). The summed E-state index contributed by atoms with van der Waals surface area (Å²) >= 11 is 0. The second kappa shape index (κ2) is 4.46. The molecule has 6 heteroatoms. The molecule has 0 spiro atoms. The first-order valence-corrected chi connectivity index (χ1v) is 5.95. The van der Waals surface area contributed by atoms with E-state index >= 15 is 0 Å². The van der Waals surface area contributed by atoms with Crippen LogP contribution in [-0.2, 0) is 6.54 Å². The summed E-state index contributed by atoms with van der Waals surface area (Å²) in [5.41, 5.74) is 0.453. The van der Waals surface area contributed by atoms with Crippen molar-refractivity contribution in [2.45, 2.75) is 13.0 Å². The number of anilines is 1. The molecule has 0 amide bonds. The van der Waals surface area contributed by atoms with Gasteiger partial charge in [-0.05, 0) is 24.6 Å². The largest absolute Gasteiger partial charge is 0.356 e. The summed E-state index contributed by atoms with van der Waals surface area (Å²) in [5, 5.41) is 3.04. The lowest BCUT2D eigenvalue weighted by Gasteiger charge is -2.15. The topological polar surface area (TPSA) is 46.9 Å². The zero-order chi connectivity index (χ0) is 13.4. The molecule has 2 aromatic rings. The summed E-state index contributed by atoms with van der Waals surface area (Å²) in [7, 11) is 0. The lowest BCUT2D eigenvalue weighted by molar-refractivity contribution is 0.111. The van der Waals surface area contributed by atoms with Gasteiger partial charge in [0.2, 0.25) is 5.95 Å². The van der Waals surface area contributed by atoms with Gasteiger partial charge in [-0.3, -0.25) is 4.79 Å². The number of hydrogen-bond acceptors (Lipinski definition) is 3. The highest BCUT2D eigenvalue weighted by Crippen LogP contribution is 2.29. The minimum Gasteiger partial charge on any atom is -0.356 e. The van der Waals surface area contributed by atoms with Gasteiger partial charge in [-0.25, -0.2) is 13.8 Å². The Morgan fingerprint density at radius 3 is 3.00 bits per heavy atom. The fraction of sp³-hybridized carbons (Fsp3) is 0.231. The molecule has 98 valence electrons. The van der Waals surface area contributed by atoms with Crippen molar-refractivity contribution in [3.63, 3.8) is 0 Å². The fourth-order valence-electron chi connectivity index (χ4n) is 2.26. The highest BCUT2D eigenvalue weighted by molar-refractivity contribution is 5.85. The average Bonchev–Trinajstić information content (AvgIpc) is 2.79. The number of rotatable bonds is 2. The van der Waals surface area contributed by atoms with Gasteiger partial charge in [0.15, 0.2) is 6.29 Å². The first kappa shape index (κ1) is 11.8. The molecular weight excluding hydrogens is 252 g/mol. The maximum absolute atomic E-state index is 13.8. The molecule has 0 bridgehead atoms. The van der Waals surface area contributed by atoms with Gasteiger partial charge < -0.3 is 9.88 Å². The third-order valence-corrected chi connectivity index (χ3v) is 3.14. The predicted octanol–water partition coefficient (Wildman–Crippen LogP) is 2.46. The number of halogens is 2. The van der Waals surface area contributed by atoms with Crippen LogP contribution < -0.4 is 5.32 Å². The number of nitrogens with zero attached hydrogens (tertiary/aromatic N) is 2. The van der Waals surface area contributed by atoms with Crippen LogP contribution in [0.4, 0.5) is 14.7 Å². The number of imidazole rings is 1. The van der Waals surface area contributed by atoms with Gasteiger partial charge in [0, 0.05) is 18.7 Å². The average molecular weight is 263 g/mol.